The molecule has 19 heavy (non-hydrogen) atoms. The number of nitrogens with two attached hydrogens (primary N) is 1. The van der Waals surface area contributed by atoms with Gasteiger partial charge >= 0.3 is 0 Å². The summed E-state index contributed by atoms with van der Waals surface area (Å²) in [5.74, 6) is 0. The molecule has 0 aliphatic rings. The van der Waals surface area contributed by atoms with Crippen molar-refractivity contribution in [2.45, 2.75) is 14.8 Å². The SMILES string of the molecule is NS(=O)(=O)c1ccccc1S(=O)(=O)c1ccccn1. The first kappa shape index (κ1) is 13.7. The molecule has 0 aliphatic carbocycles. The normalized spacial score (nSPS) is 12.3. The number of hydrogen-bond acceptors (Lipinski definition) is 5. The Morgan fingerprint density at radius 3 is 1.95 bits per heavy atom. The van der Waals surface area contributed by atoms with Crippen LogP contribution in [0.1, 0.15) is 0 Å². The van der Waals surface area contributed by atoms with E-state index in [-0.39, 0.29) is 9.92 Å². The van der Waals surface area contributed by atoms with Crippen molar-refractivity contribution in [2.24, 2.45) is 5.14 Å². The maximum Gasteiger partial charge on any atom is 0.239 e. The van der Waals surface area contributed by atoms with Gasteiger partial charge in [-0.2, -0.15) is 0 Å². The van der Waals surface area contributed by atoms with Crippen molar-refractivity contribution in [1.29, 1.82) is 0 Å². The van der Waals surface area contributed by atoms with Gasteiger partial charge in [0, 0.05) is 6.20 Å². The van der Waals surface area contributed by atoms with Crippen LogP contribution in [0.5, 0.6) is 0 Å². The zero-order valence-corrected chi connectivity index (χ0v) is 11.2. The first-order chi connectivity index (χ1) is 8.83. The van der Waals surface area contributed by atoms with Gasteiger partial charge < -0.3 is 0 Å². The third-order valence-electron chi connectivity index (χ3n) is 2.36. The van der Waals surface area contributed by atoms with E-state index in [4.69, 9.17) is 5.14 Å². The quantitative estimate of drug-likeness (QED) is 0.891. The summed E-state index contributed by atoms with van der Waals surface area (Å²) in [5, 5.41) is 4.79. The Morgan fingerprint density at radius 1 is 0.842 bits per heavy atom. The smallest absolute Gasteiger partial charge is 0.239 e. The topological polar surface area (TPSA) is 107 Å². The van der Waals surface area contributed by atoms with Gasteiger partial charge in [0.05, 0.1) is 4.90 Å². The van der Waals surface area contributed by atoms with Crippen LogP contribution in [-0.2, 0) is 19.9 Å². The number of sulfone groups is 1. The summed E-state index contributed by atoms with van der Waals surface area (Å²) in [6, 6.07) is 9.50. The van der Waals surface area contributed by atoms with Gasteiger partial charge in [0.25, 0.3) is 0 Å². The minimum absolute atomic E-state index is 0.230. The van der Waals surface area contributed by atoms with Crippen LogP contribution >= 0.6 is 0 Å². The molecule has 0 amide bonds. The highest BCUT2D eigenvalue weighted by molar-refractivity contribution is 7.93. The molecule has 6 nitrogen and oxygen atoms in total. The fourth-order valence-corrected chi connectivity index (χ4v) is 4.09. The monoisotopic (exact) mass is 298 g/mol. The van der Waals surface area contributed by atoms with E-state index in [1.165, 1.54) is 36.5 Å². The number of hydrogen-bond donors (Lipinski definition) is 1. The summed E-state index contributed by atoms with van der Waals surface area (Å²) in [7, 11) is -8.15. The second-order valence-corrected chi connectivity index (χ2v) is 7.06. The Morgan fingerprint density at radius 2 is 1.42 bits per heavy atom. The highest BCUT2D eigenvalue weighted by Crippen LogP contribution is 2.24. The summed E-state index contributed by atoms with van der Waals surface area (Å²) < 4.78 is 47.5. The molecule has 2 rings (SSSR count). The zero-order valence-electron chi connectivity index (χ0n) is 9.59. The molecule has 100 valence electrons. The Hall–Kier alpha value is -1.77. The molecule has 2 N–H and O–H groups in total. The van der Waals surface area contributed by atoms with Gasteiger partial charge in [-0.25, -0.2) is 27.0 Å². The first-order valence-corrected chi connectivity index (χ1v) is 8.14. The largest absolute Gasteiger partial charge is 0.244 e. The molecule has 1 aromatic carbocycles. The lowest BCUT2D eigenvalue weighted by atomic mass is 10.4. The second kappa shape index (κ2) is 4.72. The van der Waals surface area contributed by atoms with Crippen molar-refractivity contribution in [3.63, 3.8) is 0 Å². The molecule has 1 aromatic heterocycles. The molecular weight excluding hydrogens is 288 g/mol. The lowest BCUT2D eigenvalue weighted by molar-refractivity contribution is 0.581. The van der Waals surface area contributed by atoms with Crippen molar-refractivity contribution in [3.8, 4) is 0 Å². The molecule has 0 radical (unpaired) electrons. The fraction of sp³-hybridized carbons (Fsp3) is 0. The van der Waals surface area contributed by atoms with Crippen molar-refractivity contribution in [1.82, 2.24) is 4.98 Å². The number of pyridine rings is 1. The second-order valence-electron chi connectivity index (χ2n) is 3.66. The zero-order chi connectivity index (χ0) is 14.1. The molecule has 8 heteroatoms. The van der Waals surface area contributed by atoms with Gasteiger partial charge in [0.15, 0.2) is 5.03 Å². The molecule has 2 aromatic rings. The van der Waals surface area contributed by atoms with Crippen LogP contribution in [0.4, 0.5) is 0 Å². The van der Waals surface area contributed by atoms with Crippen molar-refractivity contribution < 1.29 is 16.8 Å². The maximum absolute atomic E-state index is 12.3. The van der Waals surface area contributed by atoms with E-state index >= 15 is 0 Å². The molecule has 0 atom stereocenters. The average Bonchev–Trinajstić information content (AvgIpc) is 2.39. The predicted octanol–water partition coefficient (Wildman–Crippen LogP) is 0.562. The summed E-state index contributed by atoms with van der Waals surface area (Å²) in [4.78, 5) is 2.90. The van der Waals surface area contributed by atoms with Crippen molar-refractivity contribution >= 4 is 19.9 Å². The number of primary sulfonamides is 1. The van der Waals surface area contributed by atoms with Crippen LogP contribution in [0.3, 0.4) is 0 Å². The first-order valence-electron chi connectivity index (χ1n) is 5.11. The molecule has 0 saturated carbocycles. The molecule has 0 aliphatic heterocycles. The molecule has 0 saturated heterocycles. The van der Waals surface area contributed by atoms with Crippen molar-refractivity contribution in [2.75, 3.05) is 0 Å². The number of sulfonamides is 1. The summed E-state index contributed by atoms with van der Waals surface area (Å²) in [6.45, 7) is 0. The Balaban J connectivity index is 2.74. The van der Waals surface area contributed by atoms with Gasteiger partial charge in [-0.3, -0.25) is 0 Å². The minimum atomic E-state index is -4.13. The van der Waals surface area contributed by atoms with Gasteiger partial charge in [0.1, 0.15) is 4.90 Å². The van der Waals surface area contributed by atoms with E-state index in [0.717, 1.165) is 6.07 Å². The third kappa shape index (κ3) is 2.65. The van der Waals surface area contributed by atoms with Crippen molar-refractivity contribution in [3.05, 3.63) is 48.7 Å². The Labute approximate surface area is 110 Å². The standard InChI is InChI=1S/C11H10N2O4S2/c12-19(16,17)10-6-2-1-5-9(10)18(14,15)11-7-3-4-8-13-11/h1-8H,(H2,12,16,17). The van der Waals surface area contributed by atoms with E-state index in [1.54, 1.807) is 6.07 Å². The van der Waals surface area contributed by atoms with E-state index in [0.29, 0.717) is 0 Å². The van der Waals surface area contributed by atoms with Crippen LogP contribution in [0.2, 0.25) is 0 Å². The lowest BCUT2D eigenvalue weighted by Gasteiger charge is -2.07. The summed E-state index contributed by atoms with van der Waals surface area (Å²) >= 11 is 0. The van der Waals surface area contributed by atoms with Gasteiger partial charge in [-0.15, -0.1) is 0 Å². The number of nitrogens with zero attached hydrogens (tertiary/aromatic N) is 1. The Kier molecular flexibility index (Phi) is 3.40. The Bertz CT molecular complexity index is 800. The van der Waals surface area contributed by atoms with E-state index in [2.05, 4.69) is 4.98 Å². The van der Waals surface area contributed by atoms with Crippen LogP contribution < -0.4 is 5.14 Å². The molecule has 0 spiro atoms. The highest BCUT2D eigenvalue weighted by Gasteiger charge is 2.26. The number of rotatable bonds is 3. The third-order valence-corrected chi connectivity index (χ3v) is 5.18. The molecule has 1 heterocycles. The summed E-state index contributed by atoms with van der Waals surface area (Å²) in [5.41, 5.74) is 0. The minimum Gasteiger partial charge on any atom is -0.244 e. The number of aromatic nitrogens is 1. The molecule has 0 unspecified atom stereocenters. The molecular formula is C11H10N2O4S2. The number of benzene rings is 1. The van der Waals surface area contributed by atoms with Gasteiger partial charge in [-0.1, -0.05) is 18.2 Å². The fourth-order valence-electron chi connectivity index (χ4n) is 1.53. The lowest BCUT2D eigenvalue weighted by Crippen LogP contribution is -2.17. The van der Waals surface area contributed by atoms with Crippen LogP contribution in [0.15, 0.2) is 63.5 Å². The highest BCUT2D eigenvalue weighted by atomic mass is 32.2. The molecule has 0 fully saturated rings. The predicted molar refractivity (Wildman–Crippen MR) is 67.5 cm³/mol. The van der Waals surface area contributed by atoms with E-state index < -0.39 is 24.8 Å². The van der Waals surface area contributed by atoms with Crippen LogP contribution in [-0.4, -0.2) is 21.8 Å². The molecule has 0 bridgehead atoms. The van der Waals surface area contributed by atoms with Gasteiger partial charge in [0.2, 0.25) is 19.9 Å². The average molecular weight is 298 g/mol. The van der Waals surface area contributed by atoms with Crippen LogP contribution in [0.25, 0.3) is 0 Å². The summed E-state index contributed by atoms with van der Waals surface area (Å²) in [6.07, 6.45) is 1.31. The van der Waals surface area contributed by atoms with Gasteiger partial charge in [-0.05, 0) is 24.3 Å². The van der Waals surface area contributed by atoms with E-state index in [9.17, 15) is 16.8 Å². The van der Waals surface area contributed by atoms with Crippen LogP contribution in [0, 0.1) is 0 Å². The maximum atomic E-state index is 12.3. The van der Waals surface area contributed by atoms with E-state index in [1.807, 2.05) is 0 Å².